The van der Waals surface area contributed by atoms with Crippen LogP contribution in [-0.2, 0) is 0 Å². The van der Waals surface area contributed by atoms with Gasteiger partial charge >= 0.3 is 0 Å². The number of benzene rings is 2. The van der Waals surface area contributed by atoms with E-state index in [2.05, 4.69) is 9.88 Å². The van der Waals surface area contributed by atoms with Gasteiger partial charge in [0.2, 0.25) is 0 Å². The Labute approximate surface area is 132 Å². The number of hydrogen-bond donors (Lipinski definition) is 2. The van der Waals surface area contributed by atoms with Gasteiger partial charge in [0.05, 0.1) is 12.1 Å². The molecule has 3 nitrogen and oxygen atoms in total. The molecule has 1 saturated heterocycles. The van der Waals surface area contributed by atoms with E-state index in [0.29, 0.717) is 11.6 Å². The standard InChI is InChI=1S/C17H16ClFN2O/c18-10-1-3-14-12(7-10)13-8-11(19)2-4-15(13)21(14)16-5-6-20-9-17(16)22/h1-4,7-8,16-17,20,22H,5-6,9H2/t16-,17-/m1/s1. The predicted octanol–water partition coefficient (Wildman–Crippen LogP) is 3.48. The Morgan fingerprint density at radius 2 is 1.86 bits per heavy atom. The third-order valence-electron chi connectivity index (χ3n) is 4.47. The molecule has 2 N–H and O–H groups in total. The lowest BCUT2D eigenvalue weighted by atomic mass is 10.0. The second-order valence-electron chi connectivity index (χ2n) is 5.82. The first-order valence-electron chi connectivity index (χ1n) is 7.42. The van der Waals surface area contributed by atoms with E-state index < -0.39 is 6.10 Å². The fraction of sp³-hybridized carbons (Fsp3) is 0.294. The Morgan fingerprint density at radius 3 is 2.64 bits per heavy atom. The summed E-state index contributed by atoms with van der Waals surface area (Å²) in [4.78, 5) is 0. The van der Waals surface area contributed by atoms with Crippen molar-refractivity contribution in [1.29, 1.82) is 0 Å². The van der Waals surface area contributed by atoms with Crippen LogP contribution in [0.2, 0.25) is 5.02 Å². The Morgan fingerprint density at radius 1 is 1.14 bits per heavy atom. The largest absolute Gasteiger partial charge is 0.390 e. The van der Waals surface area contributed by atoms with Gasteiger partial charge in [0, 0.05) is 33.4 Å². The molecular weight excluding hydrogens is 303 g/mol. The summed E-state index contributed by atoms with van der Waals surface area (Å²) in [6.45, 7) is 1.43. The second-order valence-corrected chi connectivity index (χ2v) is 6.26. The quantitative estimate of drug-likeness (QED) is 0.721. The summed E-state index contributed by atoms with van der Waals surface area (Å²) in [6.07, 6.45) is 0.369. The minimum Gasteiger partial charge on any atom is -0.390 e. The van der Waals surface area contributed by atoms with Gasteiger partial charge < -0.3 is 15.0 Å². The van der Waals surface area contributed by atoms with Gasteiger partial charge in [-0.05, 0) is 49.4 Å². The fourth-order valence-electron chi connectivity index (χ4n) is 3.48. The van der Waals surface area contributed by atoms with Crippen molar-refractivity contribution in [2.45, 2.75) is 18.6 Å². The molecular formula is C17H16ClFN2O. The minimum atomic E-state index is -0.465. The van der Waals surface area contributed by atoms with Gasteiger partial charge in [-0.1, -0.05) is 11.6 Å². The summed E-state index contributed by atoms with van der Waals surface area (Å²) in [5.74, 6) is -0.266. The van der Waals surface area contributed by atoms with Crippen molar-refractivity contribution in [1.82, 2.24) is 9.88 Å². The van der Waals surface area contributed by atoms with Crippen LogP contribution in [0, 0.1) is 5.82 Å². The summed E-state index contributed by atoms with van der Waals surface area (Å²) in [6, 6.07) is 10.4. The molecule has 0 spiro atoms. The molecule has 0 bridgehead atoms. The van der Waals surface area contributed by atoms with E-state index in [0.717, 1.165) is 34.8 Å². The molecule has 5 heteroatoms. The number of rotatable bonds is 1. The first-order valence-corrected chi connectivity index (χ1v) is 7.80. The van der Waals surface area contributed by atoms with Crippen molar-refractivity contribution < 1.29 is 9.50 Å². The lowest BCUT2D eigenvalue weighted by Gasteiger charge is -2.31. The molecule has 114 valence electrons. The fourth-order valence-corrected chi connectivity index (χ4v) is 3.66. The number of aromatic nitrogens is 1. The highest BCUT2D eigenvalue weighted by atomic mass is 35.5. The van der Waals surface area contributed by atoms with Crippen LogP contribution in [0.25, 0.3) is 21.8 Å². The molecule has 0 saturated carbocycles. The molecule has 2 atom stereocenters. The monoisotopic (exact) mass is 318 g/mol. The van der Waals surface area contributed by atoms with Gasteiger partial charge in [0.25, 0.3) is 0 Å². The second kappa shape index (κ2) is 5.23. The SMILES string of the molecule is O[C@@H]1CNCC[C@H]1n1c2ccc(F)cc2c2cc(Cl)ccc21. The van der Waals surface area contributed by atoms with Gasteiger partial charge in [-0.2, -0.15) is 0 Å². The molecule has 0 unspecified atom stereocenters. The third kappa shape index (κ3) is 2.10. The van der Waals surface area contributed by atoms with Crippen LogP contribution in [0.5, 0.6) is 0 Å². The Balaban J connectivity index is 2.06. The highest BCUT2D eigenvalue weighted by molar-refractivity contribution is 6.31. The Kier molecular flexibility index (Phi) is 3.33. The summed E-state index contributed by atoms with van der Waals surface area (Å²) in [5, 5.41) is 16.0. The number of aliphatic hydroxyl groups is 1. The van der Waals surface area contributed by atoms with E-state index in [1.165, 1.54) is 12.1 Å². The van der Waals surface area contributed by atoms with Crippen molar-refractivity contribution in [2.24, 2.45) is 0 Å². The van der Waals surface area contributed by atoms with Crippen LogP contribution in [0.15, 0.2) is 36.4 Å². The molecule has 4 rings (SSSR count). The number of nitrogens with one attached hydrogen (secondary N) is 1. The number of fused-ring (bicyclic) bond motifs is 3. The zero-order valence-electron chi connectivity index (χ0n) is 11.9. The zero-order valence-corrected chi connectivity index (χ0v) is 12.6. The summed E-state index contributed by atoms with van der Waals surface area (Å²) < 4.78 is 15.8. The highest BCUT2D eigenvalue weighted by Gasteiger charge is 2.27. The lowest BCUT2D eigenvalue weighted by molar-refractivity contribution is 0.0913. The molecule has 2 aromatic carbocycles. The summed E-state index contributed by atoms with van der Waals surface area (Å²) >= 11 is 6.12. The van der Waals surface area contributed by atoms with Crippen LogP contribution in [0.1, 0.15) is 12.5 Å². The lowest BCUT2D eigenvalue weighted by Crippen LogP contribution is -2.41. The molecule has 1 fully saturated rings. The van der Waals surface area contributed by atoms with Crippen LogP contribution < -0.4 is 5.32 Å². The van der Waals surface area contributed by atoms with Crippen LogP contribution in [-0.4, -0.2) is 28.9 Å². The van der Waals surface area contributed by atoms with E-state index in [1.54, 1.807) is 6.07 Å². The molecule has 22 heavy (non-hydrogen) atoms. The number of piperidine rings is 1. The topological polar surface area (TPSA) is 37.2 Å². The van der Waals surface area contributed by atoms with Crippen molar-refractivity contribution in [3.63, 3.8) is 0 Å². The van der Waals surface area contributed by atoms with Gasteiger partial charge in [0.15, 0.2) is 0 Å². The van der Waals surface area contributed by atoms with Crippen LogP contribution in [0.4, 0.5) is 4.39 Å². The third-order valence-corrected chi connectivity index (χ3v) is 4.71. The van der Waals surface area contributed by atoms with Crippen molar-refractivity contribution in [2.75, 3.05) is 13.1 Å². The number of halogens is 2. The van der Waals surface area contributed by atoms with E-state index in [4.69, 9.17) is 11.6 Å². The average molecular weight is 319 g/mol. The van der Waals surface area contributed by atoms with E-state index in [1.807, 2.05) is 18.2 Å². The maximum atomic E-state index is 13.7. The van der Waals surface area contributed by atoms with Crippen molar-refractivity contribution >= 4 is 33.4 Å². The van der Waals surface area contributed by atoms with E-state index in [9.17, 15) is 9.50 Å². The van der Waals surface area contributed by atoms with Gasteiger partial charge in [0.1, 0.15) is 5.82 Å². The Bertz CT molecular complexity index is 801. The summed E-state index contributed by atoms with van der Waals surface area (Å²) in [5.41, 5.74) is 1.92. The molecule has 1 aliphatic rings. The average Bonchev–Trinajstić information content (AvgIpc) is 2.81. The predicted molar refractivity (Wildman–Crippen MR) is 86.9 cm³/mol. The summed E-state index contributed by atoms with van der Waals surface area (Å²) in [7, 11) is 0. The first kappa shape index (κ1) is 14.0. The van der Waals surface area contributed by atoms with Gasteiger partial charge in [-0.25, -0.2) is 4.39 Å². The molecule has 0 radical (unpaired) electrons. The molecule has 2 heterocycles. The first-order chi connectivity index (χ1) is 10.6. The van der Waals surface area contributed by atoms with Gasteiger partial charge in [-0.3, -0.25) is 0 Å². The Hall–Kier alpha value is -1.62. The zero-order chi connectivity index (χ0) is 15.3. The van der Waals surface area contributed by atoms with Crippen molar-refractivity contribution in [3.8, 4) is 0 Å². The van der Waals surface area contributed by atoms with Crippen LogP contribution in [0.3, 0.4) is 0 Å². The van der Waals surface area contributed by atoms with E-state index in [-0.39, 0.29) is 11.9 Å². The highest BCUT2D eigenvalue weighted by Crippen LogP contribution is 2.36. The number of β-amino-alcohol motifs (C(OH)–C–C–N with tert-alkyl or cyclic N) is 1. The molecule has 0 aliphatic carbocycles. The molecule has 1 aromatic heterocycles. The van der Waals surface area contributed by atoms with Crippen molar-refractivity contribution in [3.05, 3.63) is 47.2 Å². The number of hydrogen-bond acceptors (Lipinski definition) is 2. The van der Waals surface area contributed by atoms with Gasteiger partial charge in [-0.15, -0.1) is 0 Å². The normalized spacial score (nSPS) is 22.5. The molecule has 0 amide bonds. The van der Waals surface area contributed by atoms with E-state index >= 15 is 0 Å². The smallest absolute Gasteiger partial charge is 0.123 e. The minimum absolute atomic E-state index is 0.0205. The number of nitrogens with zero attached hydrogens (tertiary/aromatic N) is 1. The van der Waals surface area contributed by atoms with Crippen LogP contribution >= 0.6 is 11.6 Å². The number of aliphatic hydroxyl groups excluding tert-OH is 1. The molecule has 1 aliphatic heterocycles. The maximum Gasteiger partial charge on any atom is 0.123 e. The maximum absolute atomic E-state index is 13.7. The molecule has 3 aromatic rings.